The molecule has 1 amide bonds. The van der Waals surface area contributed by atoms with Gasteiger partial charge in [-0.05, 0) is 44.5 Å². The second kappa shape index (κ2) is 7.38. The van der Waals surface area contributed by atoms with E-state index in [0.717, 1.165) is 16.8 Å². The van der Waals surface area contributed by atoms with E-state index in [1.165, 1.54) is 4.68 Å². The summed E-state index contributed by atoms with van der Waals surface area (Å²) in [6.07, 6.45) is 3.18. The van der Waals surface area contributed by atoms with Crippen molar-refractivity contribution in [2.45, 2.75) is 33.9 Å². The maximum absolute atomic E-state index is 13.1. The van der Waals surface area contributed by atoms with Crippen LogP contribution in [0, 0.1) is 20.8 Å². The third kappa shape index (κ3) is 3.56. The molecular formula is C21H21N5O3. The van der Waals surface area contributed by atoms with E-state index in [1.54, 1.807) is 36.2 Å². The van der Waals surface area contributed by atoms with Crippen molar-refractivity contribution in [3.05, 3.63) is 75.7 Å². The Morgan fingerprint density at radius 3 is 2.76 bits per heavy atom. The molecule has 0 unspecified atom stereocenters. The van der Waals surface area contributed by atoms with Crippen LogP contribution in [-0.4, -0.2) is 25.5 Å². The molecule has 0 fully saturated rings. The second-order valence-corrected chi connectivity index (χ2v) is 7.01. The van der Waals surface area contributed by atoms with Crippen molar-refractivity contribution in [3.63, 3.8) is 0 Å². The van der Waals surface area contributed by atoms with E-state index in [-0.39, 0.29) is 24.6 Å². The van der Waals surface area contributed by atoms with Gasteiger partial charge in [-0.1, -0.05) is 17.7 Å². The van der Waals surface area contributed by atoms with Gasteiger partial charge in [0, 0.05) is 5.39 Å². The minimum Gasteiger partial charge on any atom is -0.467 e. The van der Waals surface area contributed by atoms with Crippen LogP contribution in [0.2, 0.25) is 0 Å². The van der Waals surface area contributed by atoms with Crippen LogP contribution in [0.15, 0.2) is 52.0 Å². The van der Waals surface area contributed by atoms with E-state index in [1.807, 2.05) is 32.0 Å². The number of aromatic nitrogens is 4. The molecule has 8 heteroatoms. The first-order valence-electron chi connectivity index (χ1n) is 9.26. The Morgan fingerprint density at radius 2 is 2.03 bits per heavy atom. The standard InChI is InChI=1S/C21H21N5O3/c1-13-6-7-18(14(2)9-13)26-20-17(11-23-26)15(3)24-25(21(20)28)12-19(27)22-10-16-5-4-8-29-16/h4-9,11H,10,12H2,1-3H3,(H,22,27). The van der Waals surface area contributed by atoms with Gasteiger partial charge in [0.05, 0.1) is 30.4 Å². The molecule has 1 N–H and O–H groups in total. The number of fused-ring (bicyclic) bond motifs is 1. The van der Waals surface area contributed by atoms with E-state index in [9.17, 15) is 9.59 Å². The van der Waals surface area contributed by atoms with E-state index in [4.69, 9.17) is 4.42 Å². The third-order valence-corrected chi connectivity index (χ3v) is 4.78. The molecule has 0 atom stereocenters. The summed E-state index contributed by atoms with van der Waals surface area (Å²) in [6.45, 7) is 5.86. The van der Waals surface area contributed by atoms with Crippen molar-refractivity contribution in [2.24, 2.45) is 0 Å². The number of nitrogens with one attached hydrogen (secondary N) is 1. The molecule has 0 aliphatic heterocycles. The van der Waals surface area contributed by atoms with Crippen molar-refractivity contribution in [2.75, 3.05) is 0 Å². The van der Waals surface area contributed by atoms with Crippen molar-refractivity contribution >= 4 is 16.8 Å². The van der Waals surface area contributed by atoms with Gasteiger partial charge in [0.25, 0.3) is 5.56 Å². The summed E-state index contributed by atoms with van der Waals surface area (Å²) >= 11 is 0. The number of furan rings is 1. The summed E-state index contributed by atoms with van der Waals surface area (Å²) in [5.74, 6) is 0.311. The number of nitrogens with zero attached hydrogens (tertiary/aromatic N) is 4. The zero-order valence-electron chi connectivity index (χ0n) is 16.5. The molecular weight excluding hydrogens is 370 g/mol. The molecule has 148 valence electrons. The fourth-order valence-corrected chi connectivity index (χ4v) is 3.35. The van der Waals surface area contributed by atoms with Crippen LogP contribution < -0.4 is 10.9 Å². The highest BCUT2D eigenvalue weighted by molar-refractivity contribution is 5.82. The minimum absolute atomic E-state index is 0.186. The van der Waals surface area contributed by atoms with Crippen molar-refractivity contribution in [1.29, 1.82) is 0 Å². The maximum Gasteiger partial charge on any atom is 0.293 e. The van der Waals surface area contributed by atoms with Gasteiger partial charge in [0.2, 0.25) is 5.91 Å². The topological polar surface area (TPSA) is 94.9 Å². The molecule has 0 aliphatic rings. The number of rotatable bonds is 5. The lowest BCUT2D eigenvalue weighted by Gasteiger charge is -2.10. The Labute approximate surface area is 166 Å². The van der Waals surface area contributed by atoms with Crippen LogP contribution in [0.5, 0.6) is 0 Å². The first-order chi connectivity index (χ1) is 13.9. The van der Waals surface area contributed by atoms with E-state index in [2.05, 4.69) is 15.5 Å². The summed E-state index contributed by atoms with van der Waals surface area (Å²) in [6, 6.07) is 9.47. The summed E-state index contributed by atoms with van der Waals surface area (Å²) in [4.78, 5) is 25.4. The minimum atomic E-state index is -0.365. The Balaban J connectivity index is 1.70. The highest BCUT2D eigenvalue weighted by Gasteiger charge is 2.17. The fourth-order valence-electron chi connectivity index (χ4n) is 3.35. The lowest BCUT2D eigenvalue weighted by molar-refractivity contribution is -0.122. The van der Waals surface area contributed by atoms with Crippen LogP contribution >= 0.6 is 0 Å². The zero-order chi connectivity index (χ0) is 20.5. The Hall–Kier alpha value is -3.68. The molecule has 0 spiro atoms. The molecule has 8 nitrogen and oxygen atoms in total. The van der Waals surface area contributed by atoms with Gasteiger partial charge in [-0.25, -0.2) is 9.36 Å². The molecule has 0 radical (unpaired) electrons. The number of carbonyl (C=O) groups excluding carboxylic acids is 1. The first kappa shape index (κ1) is 18.7. The third-order valence-electron chi connectivity index (χ3n) is 4.78. The molecule has 0 saturated carbocycles. The number of aryl methyl sites for hydroxylation is 3. The van der Waals surface area contributed by atoms with E-state index < -0.39 is 0 Å². The Bertz CT molecular complexity index is 1250. The SMILES string of the molecule is Cc1ccc(-n2ncc3c(C)nn(CC(=O)NCc4ccco4)c(=O)c32)c(C)c1. The van der Waals surface area contributed by atoms with Gasteiger partial charge in [0.15, 0.2) is 0 Å². The normalized spacial score (nSPS) is 11.1. The number of carbonyl (C=O) groups is 1. The van der Waals surface area contributed by atoms with Crippen molar-refractivity contribution < 1.29 is 9.21 Å². The molecule has 1 aromatic carbocycles. The fraction of sp³-hybridized carbons (Fsp3) is 0.238. The van der Waals surface area contributed by atoms with Gasteiger partial charge in [-0.2, -0.15) is 10.2 Å². The number of amides is 1. The Morgan fingerprint density at radius 1 is 1.21 bits per heavy atom. The molecule has 0 saturated heterocycles. The van der Waals surface area contributed by atoms with Gasteiger partial charge in [-0.15, -0.1) is 0 Å². The zero-order valence-corrected chi connectivity index (χ0v) is 16.5. The molecule has 4 aromatic rings. The van der Waals surface area contributed by atoms with Crippen LogP contribution in [0.4, 0.5) is 0 Å². The van der Waals surface area contributed by atoms with Crippen LogP contribution in [-0.2, 0) is 17.9 Å². The smallest absolute Gasteiger partial charge is 0.293 e. The summed E-state index contributed by atoms with van der Waals surface area (Å²) in [5.41, 5.74) is 3.63. The number of hydrogen-bond acceptors (Lipinski definition) is 5. The van der Waals surface area contributed by atoms with Crippen LogP contribution in [0.3, 0.4) is 0 Å². The molecule has 0 bridgehead atoms. The van der Waals surface area contributed by atoms with E-state index >= 15 is 0 Å². The predicted molar refractivity (Wildman–Crippen MR) is 108 cm³/mol. The van der Waals surface area contributed by atoms with Crippen molar-refractivity contribution in [3.8, 4) is 5.69 Å². The maximum atomic E-state index is 13.1. The van der Waals surface area contributed by atoms with E-state index in [0.29, 0.717) is 22.4 Å². The summed E-state index contributed by atoms with van der Waals surface area (Å²) in [5, 5.41) is 12.1. The molecule has 3 aromatic heterocycles. The van der Waals surface area contributed by atoms with Crippen molar-refractivity contribution in [1.82, 2.24) is 24.9 Å². The van der Waals surface area contributed by atoms with Gasteiger partial charge < -0.3 is 9.73 Å². The van der Waals surface area contributed by atoms with Gasteiger partial charge in [0.1, 0.15) is 17.8 Å². The predicted octanol–water partition coefficient (Wildman–Crippen LogP) is 2.42. The monoisotopic (exact) mass is 391 g/mol. The summed E-state index contributed by atoms with van der Waals surface area (Å²) in [7, 11) is 0. The Kier molecular flexibility index (Phi) is 4.75. The summed E-state index contributed by atoms with van der Waals surface area (Å²) < 4.78 is 8.00. The molecule has 0 aliphatic carbocycles. The average Bonchev–Trinajstić information content (AvgIpc) is 3.34. The van der Waals surface area contributed by atoms with Gasteiger partial charge >= 0.3 is 0 Å². The highest BCUT2D eigenvalue weighted by atomic mass is 16.3. The number of benzene rings is 1. The average molecular weight is 391 g/mol. The quantitative estimate of drug-likeness (QED) is 0.564. The second-order valence-electron chi connectivity index (χ2n) is 7.01. The first-order valence-corrected chi connectivity index (χ1v) is 9.26. The largest absolute Gasteiger partial charge is 0.467 e. The van der Waals surface area contributed by atoms with Gasteiger partial charge in [-0.3, -0.25) is 9.59 Å². The lowest BCUT2D eigenvalue weighted by Crippen LogP contribution is -2.34. The lowest BCUT2D eigenvalue weighted by atomic mass is 10.1. The molecule has 29 heavy (non-hydrogen) atoms. The highest BCUT2D eigenvalue weighted by Crippen LogP contribution is 2.20. The number of hydrogen-bond donors (Lipinski definition) is 1. The van der Waals surface area contributed by atoms with Crippen LogP contribution in [0.25, 0.3) is 16.6 Å². The molecule has 4 rings (SSSR count). The van der Waals surface area contributed by atoms with Crippen LogP contribution in [0.1, 0.15) is 22.6 Å². The molecule has 3 heterocycles.